The van der Waals surface area contributed by atoms with Crippen LogP contribution in [0.25, 0.3) is 0 Å². The molecule has 75 heavy (non-hydrogen) atoms. The van der Waals surface area contributed by atoms with Crippen LogP contribution in [-0.2, 0) is 52.5 Å². The van der Waals surface area contributed by atoms with Gasteiger partial charge in [-0.1, -0.05) is 79.2 Å². The maximum Gasteiger partial charge on any atom is 0.328 e. The molecule has 1 aromatic rings. The number of allylic oxidation sites excluding steroid dienone is 4. The van der Waals surface area contributed by atoms with E-state index in [-0.39, 0.29) is 73.7 Å². The second kappa shape index (κ2) is 31.9. The molecule has 1 aliphatic heterocycles. The van der Waals surface area contributed by atoms with Gasteiger partial charge in [-0.2, -0.15) is 8.78 Å². The van der Waals surface area contributed by atoms with Gasteiger partial charge in [0.1, 0.15) is 12.1 Å². The van der Waals surface area contributed by atoms with Crippen LogP contribution < -0.4 is 15.4 Å². The molecule has 3 rings (SSSR count). The molecule has 1 aliphatic carbocycles. The number of rotatable bonds is 32. The number of esters is 2. The van der Waals surface area contributed by atoms with Crippen molar-refractivity contribution < 1.29 is 74.8 Å². The van der Waals surface area contributed by atoms with E-state index in [0.29, 0.717) is 51.8 Å². The topological polar surface area (TPSA) is 192 Å². The van der Waals surface area contributed by atoms with Crippen molar-refractivity contribution in [1.29, 1.82) is 0 Å². The van der Waals surface area contributed by atoms with Crippen molar-refractivity contribution in [3.05, 3.63) is 53.6 Å². The summed E-state index contributed by atoms with van der Waals surface area (Å²) in [7, 11) is 7.79. The molecule has 424 valence electrons. The first-order chi connectivity index (χ1) is 35.5. The predicted octanol–water partition coefficient (Wildman–Crippen LogP) is 6.16. The van der Waals surface area contributed by atoms with Crippen molar-refractivity contribution in [1.82, 2.24) is 25.3 Å². The van der Waals surface area contributed by atoms with E-state index in [2.05, 4.69) is 15.4 Å². The molecular formula is C54H83F4N5O12. The van der Waals surface area contributed by atoms with E-state index in [4.69, 9.17) is 23.7 Å². The first kappa shape index (κ1) is 64.3. The number of likely N-dealkylation sites (tertiary alicyclic amines) is 1. The van der Waals surface area contributed by atoms with Gasteiger partial charge in [-0.3, -0.25) is 28.9 Å². The normalized spacial score (nSPS) is 18.8. The van der Waals surface area contributed by atoms with Crippen molar-refractivity contribution in [3.63, 3.8) is 0 Å². The van der Waals surface area contributed by atoms with E-state index in [1.807, 2.05) is 77.8 Å². The van der Waals surface area contributed by atoms with Crippen LogP contribution in [0.5, 0.6) is 5.75 Å². The summed E-state index contributed by atoms with van der Waals surface area (Å²) in [5.41, 5.74) is 0. The maximum absolute atomic E-state index is 14.6. The molecule has 21 heteroatoms. The third-order valence-corrected chi connectivity index (χ3v) is 14.2. The number of carbonyl (C=O) groups excluding carboxylic acids is 6. The number of methoxy groups -OCH3 is 3. The Morgan fingerprint density at radius 3 is 2.04 bits per heavy atom. The Balaban J connectivity index is 1.59. The third kappa shape index (κ3) is 18.6. The first-order valence-corrected chi connectivity index (χ1v) is 26.1. The van der Waals surface area contributed by atoms with Crippen molar-refractivity contribution in [2.45, 2.75) is 142 Å². The average molecular weight is 1070 g/mol. The number of hydrogen-bond donors (Lipinski definition) is 2. The molecule has 0 radical (unpaired) electrons. The zero-order valence-electron chi connectivity index (χ0n) is 46.0. The Labute approximate surface area is 440 Å². The Bertz CT molecular complexity index is 2070. The summed E-state index contributed by atoms with van der Waals surface area (Å²) in [5.74, 6) is -12.8. The standard InChI is InChI=1S/C54H83F4N5O12/c1-13-34(6)48(41(70-10)31-42(64)63-24-17-21-40(63)49(71-11)35(7)51(66)59-39(54(69)72-12)29-36-19-15-14-16-20-36)62(9)53(68)46(32(2)3)60-52(67)47(33(4)5)61(8)23-18-25-73-27-28-74-26-22-43(65)75-50-44(57)37(55)30-38(56)45(50)58/h14-16,19,30,32-36,39-41,46-49H,13,17-18,20-29,31H2,1-12H3,(H,59,66)(H,60,67)/t34-,35+,36?,39?,40-,41+,46-,47-,48-,49+/m0/s1. The fourth-order valence-electron chi connectivity index (χ4n) is 9.90. The number of ether oxygens (including phenoxy) is 6. The molecule has 2 N–H and O–H groups in total. The number of likely N-dealkylation sites (N-methyl/N-ethyl adjacent to an activating group) is 2. The van der Waals surface area contributed by atoms with E-state index < -0.39 is 102 Å². The van der Waals surface area contributed by atoms with Crippen LogP contribution in [0.4, 0.5) is 17.6 Å². The molecule has 17 nitrogen and oxygen atoms in total. The molecule has 1 heterocycles. The second-order valence-corrected chi connectivity index (χ2v) is 20.2. The third-order valence-electron chi connectivity index (χ3n) is 14.2. The molecule has 0 bridgehead atoms. The minimum atomic E-state index is -1.83. The van der Waals surface area contributed by atoms with Gasteiger partial charge in [-0.15, -0.1) is 0 Å². The minimum Gasteiger partial charge on any atom is -0.467 e. The summed E-state index contributed by atoms with van der Waals surface area (Å²) in [4.78, 5) is 87.0. The lowest BCUT2D eigenvalue weighted by molar-refractivity contribution is -0.149. The molecule has 0 saturated carbocycles. The highest BCUT2D eigenvalue weighted by atomic mass is 19.2. The number of nitrogens with one attached hydrogen (secondary N) is 2. The first-order valence-electron chi connectivity index (χ1n) is 26.1. The summed E-state index contributed by atoms with van der Waals surface area (Å²) in [6.45, 7) is 14.4. The number of benzene rings is 1. The van der Waals surface area contributed by atoms with Crippen LogP contribution in [0.1, 0.15) is 99.8 Å². The highest BCUT2D eigenvalue weighted by Gasteiger charge is 2.44. The van der Waals surface area contributed by atoms with Gasteiger partial charge < -0.3 is 48.9 Å². The zero-order valence-corrected chi connectivity index (χ0v) is 46.0. The van der Waals surface area contributed by atoms with Gasteiger partial charge in [-0.05, 0) is 62.8 Å². The number of carbonyl (C=O) groups is 6. The summed E-state index contributed by atoms with van der Waals surface area (Å²) in [6.07, 6.45) is 9.48. The number of halogens is 4. The largest absolute Gasteiger partial charge is 0.467 e. The van der Waals surface area contributed by atoms with E-state index in [0.717, 1.165) is 6.42 Å². The Hall–Kier alpha value is -4.96. The van der Waals surface area contributed by atoms with Gasteiger partial charge in [0.2, 0.25) is 41.0 Å². The summed E-state index contributed by atoms with van der Waals surface area (Å²) >= 11 is 0. The second-order valence-electron chi connectivity index (χ2n) is 20.2. The minimum absolute atomic E-state index is 0.00605. The lowest BCUT2D eigenvalue weighted by Gasteiger charge is -2.41. The molecule has 1 aromatic carbocycles. The summed E-state index contributed by atoms with van der Waals surface area (Å²) in [6, 6.07) is -3.40. The van der Waals surface area contributed by atoms with Crippen molar-refractivity contribution in [2.75, 3.05) is 74.9 Å². The molecule has 1 fully saturated rings. The number of amides is 4. The lowest BCUT2D eigenvalue weighted by atomic mass is 9.89. The van der Waals surface area contributed by atoms with Crippen LogP contribution in [0.2, 0.25) is 0 Å². The lowest BCUT2D eigenvalue weighted by Crippen LogP contribution is -2.60. The van der Waals surface area contributed by atoms with Gasteiger partial charge in [0.05, 0.1) is 76.0 Å². The number of hydrogen-bond acceptors (Lipinski definition) is 13. The van der Waals surface area contributed by atoms with Crippen molar-refractivity contribution in [3.8, 4) is 5.75 Å². The fraction of sp³-hybridized carbons (Fsp3) is 0.704. The Morgan fingerprint density at radius 2 is 1.48 bits per heavy atom. The van der Waals surface area contributed by atoms with Crippen LogP contribution in [0.15, 0.2) is 30.4 Å². The van der Waals surface area contributed by atoms with Gasteiger partial charge in [-0.25, -0.2) is 13.6 Å². The highest BCUT2D eigenvalue weighted by Crippen LogP contribution is 2.31. The predicted molar refractivity (Wildman–Crippen MR) is 272 cm³/mol. The smallest absolute Gasteiger partial charge is 0.328 e. The molecule has 4 amide bonds. The van der Waals surface area contributed by atoms with Crippen LogP contribution >= 0.6 is 0 Å². The molecule has 10 atom stereocenters. The molecule has 2 unspecified atom stereocenters. The fourth-order valence-corrected chi connectivity index (χ4v) is 9.90. The van der Waals surface area contributed by atoms with E-state index in [1.165, 1.54) is 21.3 Å². The zero-order chi connectivity index (χ0) is 56.1. The van der Waals surface area contributed by atoms with E-state index in [9.17, 15) is 46.3 Å². The van der Waals surface area contributed by atoms with E-state index in [1.54, 1.807) is 23.8 Å². The van der Waals surface area contributed by atoms with Gasteiger partial charge in [0, 0.05) is 47.0 Å². The molecule has 2 aliphatic rings. The van der Waals surface area contributed by atoms with Gasteiger partial charge >= 0.3 is 11.9 Å². The van der Waals surface area contributed by atoms with Crippen LogP contribution in [0, 0.1) is 52.9 Å². The van der Waals surface area contributed by atoms with Crippen LogP contribution in [0.3, 0.4) is 0 Å². The quantitative estimate of drug-likeness (QED) is 0.0275. The summed E-state index contributed by atoms with van der Waals surface area (Å²) in [5, 5.41) is 5.93. The molecule has 0 spiro atoms. The Kier molecular flexibility index (Phi) is 27.4. The molecule has 1 saturated heterocycles. The SMILES string of the molecule is CC[C@H](C)[C@@H]([C@@H](CC(=O)N1CCC[C@H]1[C@H](OC)[C@@H](C)C(=O)NC(CC1C=CC=CC1)C(=O)OC)OC)N(C)C(=O)[C@@H](NC(=O)[C@H](C(C)C)N(C)CCCOCCOCCC(=O)Oc1c(F)c(F)cc(F)c1F)C(C)C. The molecular weight excluding hydrogens is 987 g/mol. The Morgan fingerprint density at radius 1 is 0.827 bits per heavy atom. The maximum atomic E-state index is 14.6. The van der Waals surface area contributed by atoms with Crippen molar-refractivity contribution in [2.24, 2.45) is 29.6 Å². The highest BCUT2D eigenvalue weighted by molar-refractivity contribution is 5.90. The van der Waals surface area contributed by atoms with Crippen molar-refractivity contribution >= 4 is 35.6 Å². The average Bonchev–Trinajstić information content (AvgIpc) is 3.87. The summed E-state index contributed by atoms with van der Waals surface area (Å²) < 4.78 is 86.9. The number of nitrogens with zero attached hydrogens (tertiary/aromatic N) is 3. The van der Waals surface area contributed by atoms with Gasteiger partial charge in [0.15, 0.2) is 11.6 Å². The van der Waals surface area contributed by atoms with Crippen LogP contribution in [-0.4, -0.2) is 168 Å². The van der Waals surface area contributed by atoms with Gasteiger partial charge in [0.25, 0.3) is 0 Å². The monoisotopic (exact) mass is 1070 g/mol. The van der Waals surface area contributed by atoms with E-state index >= 15 is 0 Å². The molecule has 0 aromatic heterocycles.